The van der Waals surface area contributed by atoms with Crippen LogP contribution < -0.4 is 0 Å². The summed E-state index contributed by atoms with van der Waals surface area (Å²) >= 11 is 2.15. The molecule has 1 aromatic carbocycles. The molecule has 0 unspecified atom stereocenters. The van der Waals surface area contributed by atoms with Gasteiger partial charge in [0.15, 0.2) is 0 Å². The fourth-order valence-corrected chi connectivity index (χ4v) is 2.52. The highest BCUT2D eigenvalue weighted by Crippen LogP contribution is 2.27. The molecule has 0 amide bonds. The second kappa shape index (κ2) is 16.2. The van der Waals surface area contributed by atoms with Crippen LogP contribution in [-0.2, 0) is 0 Å². The molecule has 1 heterocycles. The number of hydrogen-bond donors (Lipinski definition) is 2. The SMILES string of the molecule is C=C\C=C/C(=C\C)C(/C(=N)c1ccccc1F)=C(/C=N)c1ccccn1.CC.CI. The molecule has 0 bridgehead atoms. The van der Waals surface area contributed by atoms with Crippen molar-refractivity contribution in [3.8, 4) is 0 Å². The number of hydrogen-bond acceptors (Lipinski definition) is 3. The van der Waals surface area contributed by atoms with Gasteiger partial charge in [0.2, 0.25) is 0 Å². The van der Waals surface area contributed by atoms with E-state index < -0.39 is 5.82 Å². The van der Waals surface area contributed by atoms with Gasteiger partial charge in [0.05, 0.1) is 11.4 Å². The molecule has 0 spiro atoms. The standard InChI is InChI=1S/C22H20FN3.C2H6.CH3I/c1-3-5-10-16(4-2)21(18(15-24)20-13-8-9-14-26-20)22(25)17-11-6-7-12-19(17)23;2*1-2/h3-15,24-25H,1H2,2H3;1-2H3;1H3/b10-5-,16-4+,21-18+,24-15?,25-22?;;. The first-order valence-electron chi connectivity index (χ1n) is 9.47. The van der Waals surface area contributed by atoms with Gasteiger partial charge in [0.1, 0.15) is 5.82 Å². The molecule has 2 N–H and O–H groups in total. The van der Waals surface area contributed by atoms with E-state index in [9.17, 15) is 4.39 Å². The number of benzene rings is 1. The lowest BCUT2D eigenvalue weighted by Crippen LogP contribution is -2.11. The van der Waals surface area contributed by atoms with E-state index in [-0.39, 0.29) is 11.3 Å². The minimum absolute atomic E-state index is 0.00550. The van der Waals surface area contributed by atoms with Crippen molar-refractivity contribution < 1.29 is 4.39 Å². The van der Waals surface area contributed by atoms with Crippen LogP contribution in [0.25, 0.3) is 5.57 Å². The molecule has 0 aliphatic heterocycles. The maximum Gasteiger partial charge on any atom is 0.132 e. The van der Waals surface area contributed by atoms with Crippen LogP contribution in [0.3, 0.4) is 0 Å². The molecule has 0 aliphatic carbocycles. The Balaban J connectivity index is 0.00000198. The van der Waals surface area contributed by atoms with E-state index in [4.69, 9.17) is 10.8 Å². The van der Waals surface area contributed by atoms with Crippen molar-refractivity contribution in [1.82, 2.24) is 4.98 Å². The molecule has 0 saturated carbocycles. The van der Waals surface area contributed by atoms with Crippen LogP contribution in [0.2, 0.25) is 0 Å². The van der Waals surface area contributed by atoms with Gasteiger partial charge in [0, 0.05) is 29.1 Å². The van der Waals surface area contributed by atoms with Crippen molar-refractivity contribution in [1.29, 1.82) is 10.8 Å². The minimum Gasteiger partial charge on any atom is -0.308 e. The van der Waals surface area contributed by atoms with E-state index in [2.05, 4.69) is 34.2 Å². The molecule has 2 aromatic rings. The molecule has 158 valence electrons. The first kappa shape index (κ1) is 27.3. The molecule has 3 nitrogen and oxygen atoms in total. The van der Waals surface area contributed by atoms with Crippen LogP contribution in [0.4, 0.5) is 4.39 Å². The van der Waals surface area contributed by atoms with Crippen LogP contribution in [0.5, 0.6) is 0 Å². The van der Waals surface area contributed by atoms with E-state index >= 15 is 0 Å². The first-order valence-corrected chi connectivity index (χ1v) is 11.6. The molecule has 0 aliphatic rings. The number of rotatable bonds is 7. The Kier molecular flexibility index (Phi) is 14.7. The molecule has 30 heavy (non-hydrogen) atoms. The van der Waals surface area contributed by atoms with Gasteiger partial charge in [-0.2, -0.15) is 0 Å². The molecular weight excluding hydrogens is 488 g/mol. The Hall–Kier alpha value is -2.67. The van der Waals surface area contributed by atoms with Gasteiger partial charge in [0.25, 0.3) is 0 Å². The summed E-state index contributed by atoms with van der Waals surface area (Å²) in [4.78, 5) is 6.27. The van der Waals surface area contributed by atoms with Crippen LogP contribution in [0.1, 0.15) is 32.0 Å². The van der Waals surface area contributed by atoms with Crippen LogP contribution in [0.15, 0.2) is 90.7 Å². The molecule has 1 aromatic heterocycles. The fraction of sp³-hybridized carbons (Fsp3) is 0.160. The normalized spacial score (nSPS) is 11.3. The quantitative estimate of drug-likeness (QED) is 0.170. The monoisotopic (exact) mass is 517 g/mol. The molecule has 2 rings (SSSR count). The third-order valence-electron chi connectivity index (χ3n) is 3.76. The summed E-state index contributed by atoms with van der Waals surface area (Å²) in [5.74, 6) is -0.483. The summed E-state index contributed by atoms with van der Waals surface area (Å²) in [6.45, 7) is 9.50. The lowest BCUT2D eigenvalue weighted by molar-refractivity contribution is 0.625. The Morgan fingerprint density at radius 1 is 1.10 bits per heavy atom. The number of nitrogens with one attached hydrogen (secondary N) is 2. The van der Waals surface area contributed by atoms with Crippen molar-refractivity contribution in [3.05, 3.63) is 108 Å². The maximum absolute atomic E-state index is 14.3. The van der Waals surface area contributed by atoms with Crippen molar-refractivity contribution in [2.45, 2.75) is 20.8 Å². The average Bonchev–Trinajstić information content (AvgIpc) is 2.82. The molecular formula is C25H29FIN3. The highest BCUT2D eigenvalue weighted by atomic mass is 127. The summed E-state index contributed by atoms with van der Waals surface area (Å²) in [6.07, 6.45) is 9.74. The molecule has 0 fully saturated rings. The lowest BCUT2D eigenvalue weighted by Gasteiger charge is -2.15. The second-order valence-corrected chi connectivity index (χ2v) is 5.34. The lowest BCUT2D eigenvalue weighted by atomic mass is 9.89. The van der Waals surface area contributed by atoms with Gasteiger partial charge in [-0.25, -0.2) is 4.39 Å². The molecule has 0 saturated heterocycles. The number of halogens is 2. The van der Waals surface area contributed by atoms with Crippen LogP contribution in [0, 0.1) is 16.6 Å². The van der Waals surface area contributed by atoms with E-state index in [1.54, 1.807) is 54.8 Å². The van der Waals surface area contributed by atoms with Gasteiger partial charge in [-0.3, -0.25) is 10.4 Å². The summed E-state index contributed by atoms with van der Waals surface area (Å²) in [7, 11) is 0. The van der Waals surface area contributed by atoms with Gasteiger partial charge in [-0.1, -0.05) is 85.5 Å². The van der Waals surface area contributed by atoms with E-state index in [0.29, 0.717) is 22.4 Å². The third-order valence-corrected chi connectivity index (χ3v) is 3.76. The summed E-state index contributed by atoms with van der Waals surface area (Å²) in [5.41, 5.74) is 2.27. The van der Waals surface area contributed by atoms with E-state index in [1.165, 1.54) is 6.07 Å². The average molecular weight is 517 g/mol. The van der Waals surface area contributed by atoms with E-state index in [1.807, 2.05) is 37.8 Å². The zero-order valence-electron chi connectivity index (χ0n) is 17.9. The summed E-state index contributed by atoms with van der Waals surface area (Å²) in [6, 6.07) is 11.5. The fourth-order valence-electron chi connectivity index (χ4n) is 2.52. The molecule has 0 radical (unpaired) electrons. The predicted molar refractivity (Wildman–Crippen MR) is 138 cm³/mol. The third kappa shape index (κ3) is 7.63. The Labute approximate surface area is 193 Å². The zero-order chi connectivity index (χ0) is 22.9. The second-order valence-electron chi connectivity index (χ2n) is 5.34. The summed E-state index contributed by atoms with van der Waals surface area (Å²) < 4.78 is 14.3. The number of alkyl halides is 1. The number of aromatic nitrogens is 1. The topological polar surface area (TPSA) is 60.6 Å². The number of pyridine rings is 1. The van der Waals surface area contributed by atoms with Crippen LogP contribution in [-0.4, -0.2) is 21.8 Å². The maximum atomic E-state index is 14.3. The van der Waals surface area contributed by atoms with Gasteiger partial charge in [-0.15, -0.1) is 0 Å². The van der Waals surface area contributed by atoms with Crippen molar-refractivity contribution in [3.63, 3.8) is 0 Å². The van der Waals surface area contributed by atoms with Crippen molar-refractivity contribution in [2.75, 3.05) is 4.93 Å². The van der Waals surface area contributed by atoms with Crippen molar-refractivity contribution in [2.24, 2.45) is 0 Å². The Morgan fingerprint density at radius 2 is 1.73 bits per heavy atom. The first-order chi connectivity index (χ1) is 14.6. The highest BCUT2D eigenvalue weighted by Gasteiger charge is 2.19. The predicted octanol–water partition coefficient (Wildman–Crippen LogP) is 7.46. The summed E-state index contributed by atoms with van der Waals surface area (Å²) in [5, 5.41) is 16.5. The zero-order valence-corrected chi connectivity index (χ0v) is 20.1. The van der Waals surface area contributed by atoms with Gasteiger partial charge >= 0.3 is 0 Å². The smallest absolute Gasteiger partial charge is 0.132 e. The number of nitrogens with zero attached hydrogens (tertiary/aromatic N) is 1. The largest absolute Gasteiger partial charge is 0.308 e. The Bertz CT molecular complexity index is 913. The van der Waals surface area contributed by atoms with E-state index in [0.717, 1.165) is 6.21 Å². The van der Waals surface area contributed by atoms with Gasteiger partial charge in [-0.05, 0) is 41.7 Å². The highest BCUT2D eigenvalue weighted by molar-refractivity contribution is 14.1. The number of allylic oxidation sites excluding steroid dienone is 7. The Morgan fingerprint density at radius 3 is 2.23 bits per heavy atom. The molecule has 5 heteroatoms. The van der Waals surface area contributed by atoms with Crippen molar-refractivity contribution >= 4 is 40.1 Å². The van der Waals surface area contributed by atoms with Gasteiger partial charge < -0.3 is 5.41 Å². The molecule has 0 atom stereocenters. The van der Waals surface area contributed by atoms with Crippen LogP contribution >= 0.6 is 22.6 Å². The minimum atomic E-state index is -0.483.